The first-order valence-corrected chi connectivity index (χ1v) is 34.9. The predicted molar refractivity (Wildman–Crippen MR) is 413 cm³/mol. The zero-order valence-corrected chi connectivity index (χ0v) is 58.7. The maximum atomic E-state index is 12.2. The van der Waals surface area contributed by atoms with E-state index in [2.05, 4.69) is 72.1 Å². The van der Waals surface area contributed by atoms with E-state index in [0.717, 1.165) is 143 Å². The molecule has 24 heteroatoms. The Hall–Kier alpha value is -10.9. The first-order valence-electron chi connectivity index (χ1n) is 34.9. The number of hydrogen-bond acceptors (Lipinski definition) is 23. The van der Waals surface area contributed by atoms with Crippen molar-refractivity contribution >= 4 is 118 Å². The Morgan fingerprint density at radius 2 is 0.775 bits per heavy atom. The summed E-state index contributed by atoms with van der Waals surface area (Å²) >= 11 is 0. The van der Waals surface area contributed by atoms with Crippen molar-refractivity contribution in [1.82, 2.24) is 19.6 Å². The van der Waals surface area contributed by atoms with Gasteiger partial charge in [-0.1, -0.05) is 92.2 Å². The Labute approximate surface area is 591 Å². The average Bonchev–Trinajstić information content (AvgIpc) is 0.802. The van der Waals surface area contributed by atoms with Gasteiger partial charge in [-0.05, 0) is 152 Å². The number of likely N-dealkylation sites (tertiary alicyclic amines) is 1. The number of rotatable bonds is 17. The highest BCUT2D eigenvalue weighted by Gasteiger charge is 2.22. The lowest BCUT2D eigenvalue weighted by molar-refractivity contribution is -0.114. The number of piperidine rings is 1. The number of carbonyl (C=O) groups is 1. The molecule has 6 aromatic carbocycles. The topological polar surface area (TPSA) is 323 Å². The molecule has 8 heterocycles. The van der Waals surface area contributed by atoms with Crippen molar-refractivity contribution in [1.29, 1.82) is 0 Å². The van der Waals surface area contributed by atoms with E-state index in [0.29, 0.717) is 56.2 Å². The fourth-order valence-electron chi connectivity index (χ4n) is 12.5. The molecular weight excluding hydrogens is 1290 g/mol. The zero-order chi connectivity index (χ0) is 72.1. The Morgan fingerprint density at radius 3 is 1.22 bits per heavy atom. The van der Waals surface area contributed by atoms with Gasteiger partial charge >= 0.3 is 28.1 Å². The summed E-state index contributed by atoms with van der Waals surface area (Å²) in [6, 6.07) is 46.6. The molecule has 14 rings (SSSR count). The second-order valence-electron chi connectivity index (χ2n) is 25.5. The largest absolute Gasteiger partial charge is 0.422 e. The van der Waals surface area contributed by atoms with E-state index in [-0.39, 0.29) is 34.3 Å². The second kappa shape index (κ2) is 35.9. The molecule has 0 atom stereocenters. The van der Waals surface area contributed by atoms with Gasteiger partial charge in [-0.2, -0.15) is 0 Å². The number of nitrogens with zero attached hydrogens (tertiary/aromatic N) is 5. The van der Waals surface area contributed by atoms with Crippen LogP contribution < -0.4 is 76.8 Å². The maximum Gasteiger partial charge on any atom is 0.362 e. The fraction of sp³-hybridized carbons (Fsp3) is 0.333. The number of anilines is 10. The van der Waals surface area contributed by atoms with Crippen LogP contribution in [0.15, 0.2) is 198 Å². The Kier molecular flexibility index (Phi) is 26.0. The lowest BCUT2D eigenvalue weighted by Crippen LogP contribution is -2.45. The van der Waals surface area contributed by atoms with E-state index >= 15 is 0 Å². The molecule has 0 saturated carbocycles. The minimum atomic E-state index is -0.590. The molecule has 102 heavy (non-hydrogen) atoms. The van der Waals surface area contributed by atoms with E-state index in [4.69, 9.17) is 39.3 Å². The summed E-state index contributed by atoms with van der Waals surface area (Å²) in [6.45, 7) is 20.6. The lowest BCUT2D eigenvalue weighted by Gasteiger charge is -2.35. The van der Waals surface area contributed by atoms with Crippen molar-refractivity contribution in [2.75, 3.05) is 161 Å². The summed E-state index contributed by atoms with van der Waals surface area (Å²) in [4.78, 5) is 82.5. The molecule has 3 aliphatic heterocycles. The standard InChI is InChI=1S/C17H24N4O2.C17H23N3O2.C17H14N2O3.C15H18N2O2.C12H14N2O2/c1-20-9-11-21(12-10-20)8-4-7-19-16-13-5-2-3-6-14(13)23-17(22)15(16)18;18-15-16(13-7-2-3-8-14(13)22-17(15)21)19-9-6-12-20-10-4-1-5-11-20;1-11(20)18-16-15(19-12-7-3-2-4-8-12)13-9-5-6-10-14(13)22-17(16)21;1-11-14(17-9-7-16(2)8-10-17)12-5-3-4-6-13(12)19-15(11)18;1-2-7-14-11-8-5-3-4-6-9(8)16-12(15)10(11)13/h2-3,5-6,19H,4,7-12,18H2,1H3;2-3,7-8,19H,1,4-6,9-12,18H2;2-10,19H,1H3,(H,18,20);3-6H,7-10H2,1-2H3;3-6,14H,2,7,13H2,1H3. The highest BCUT2D eigenvalue weighted by atomic mass is 16.4. The van der Waals surface area contributed by atoms with Gasteiger partial charge in [-0.15, -0.1) is 0 Å². The highest BCUT2D eigenvalue weighted by molar-refractivity contribution is 6.03. The monoisotopic (exact) mass is 1390 g/mol. The second-order valence-corrected chi connectivity index (χ2v) is 25.5. The minimum Gasteiger partial charge on any atom is -0.422 e. The number of likely N-dealkylation sites (N-methyl/N-ethyl adjacent to an activating group) is 2. The van der Waals surface area contributed by atoms with Crippen LogP contribution in [0.25, 0.3) is 54.8 Å². The Morgan fingerprint density at radius 1 is 0.412 bits per heavy atom. The van der Waals surface area contributed by atoms with Crippen LogP contribution in [0.3, 0.4) is 0 Å². The molecule has 0 bridgehead atoms. The fourth-order valence-corrected chi connectivity index (χ4v) is 12.5. The maximum absolute atomic E-state index is 12.2. The molecule has 24 nitrogen and oxygen atoms in total. The average molecular weight is 1390 g/mol. The van der Waals surface area contributed by atoms with Crippen LogP contribution in [-0.2, 0) is 4.79 Å². The summed E-state index contributed by atoms with van der Waals surface area (Å²) in [5, 5.41) is 19.8. The van der Waals surface area contributed by atoms with Crippen LogP contribution in [0.2, 0.25) is 0 Å². The van der Waals surface area contributed by atoms with Gasteiger partial charge in [0.2, 0.25) is 5.91 Å². The number of nitrogens with one attached hydrogen (secondary N) is 5. The molecule has 0 aliphatic carbocycles. The molecule has 0 spiro atoms. The molecule has 11 aromatic rings. The van der Waals surface area contributed by atoms with Crippen molar-refractivity contribution in [2.45, 2.75) is 59.3 Å². The van der Waals surface area contributed by atoms with Crippen molar-refractivity contribution < 1.29 is 26.9 Å². The van der Waals surface area contributed by atoms with Crippen LogP contribution in [-0.4, -0.2) is 138 Å². The van der Waals surface area contributed by atoms with Gasteiger partial charge in [-0.3, -0.25) is 4.79 Å². The molecule has 3 aliphatic rings. The molecule has 3 saturated heterocycles. The summed E-state index contributed by atoms with van der Waals surface area (Å²) in [7, 11) is 4.29. The molecule has 1 amide bonds. The van der Waals surface area contributed by atoms with Gasteiger partial charge in [0.15, 0.2) is 5.69 Å². The van der Waals surface area contributed by atoms with Crippen molar-refractivity contribution in [3.05, 3.63) is 209 Å². The molecule has 11 N–H and O–H groups in total. The number of para-hydroxylation sites is 6. The van der Waals surface area contributed by atoms with Crippen molar-refractivity contribution in [3.63, 3.8) is 0 Å². The summed E-state index contributed by atoms with van der Waals surface area (Å²) in [5.74, 6) is -0.335. The lowest BCUT2D eigenvalue weighted by atomic mass is 10.1. The molecule has 536 valence electrons. The quantitative estimate of drug-likeness (QED) is 0.0310. The first kappa shape index (κ1) is 73.8. The number of carbonyl (C=O) groups excluding carboxylic acids is 1. The summed E-state index contributed by atoms with van der Waals surface area (Å²) in [5.41, 5.74) is 23.8. The van der Waals surface area contributed by atoms with Crippen LogP contribution >= 0.6 is 0 Å². The molecule has 3 fully saturated rings. The van der Waals surface area contributed by atoms with Crippen LogP contribution in [0.1, 0.15) is 57.9 Å². The number of fused-ring (bicyclic) bond motifs is 5. The number of nitrogens with two attached hydrogens (primary N) is 3. The van der Waals surface area contributed by atoms with Crippen LogP contribution in [0, 0.1) is 6.92 Å². The van der Waals surface area contributed by atoms with Gasteiger partial charge in [0, 0.05) is 112 Å². The number of nitrogen functional groups attached to an aromatic ring is 3. The highest BCUT2D eigenvalue weighted by Crippen LogP contribution is 2.34. The van der Waals surface area contributed by atoms with E-state index in [1.165, 1.54) is 39.3 Å². The Bertz CT molecular complexity index is 4940. The molecule has 0 radical (unpaired) electrons. The minimum absolute atomic E-state index is 0.107. The van der Waals surface area contributed by atoms with Crippen molar-refractivity contribution in [2.24, 2.45) is 0 Å². The van der Waals surface area contributed by atoms with Crippen LogP contribution in [0.4, 0.5) is 56.9 Å². The smallest absolute Gasteiger partial charge is 0.362 e. The van der Waals surface area contributed by atoms with E-state index in [1.807, 2.05) is 128 Å². The number of hydrogen-bond donors (Lipinski definition) is 8. The van der Waals surface area contributed by atoms with Gasteiger partial charge < -0.3 is 90.4 Å². The van der Waals surface area contributed by atoms with Gasteiger partial charge in [0.1, 0.15) is 45.0 Å². The third kappa shape index (κ3) is 19.1. The van der Waals surface area contributed by atoms with Crippen LogP contribution in [0.5, 0.6) is 0 Å². The van der Waals surface area contributed by atoms with Crippen molar-refractivity contribution in [3.8, 4) is 0 Å². The van der Waals surface area contributed by atoms with E-state index in [1.54, 1.807) is 30.3 Å². The van der Waals surface area contributed by atoms with E-state index < -0.39 is 22.5 Å². The van der Waals surface area contributed by atoms with E-state index in [9.17, 15) is 28.8 Å². The van der Waals surface area contributed by atoms with Gasteiger partial charge in [0.05, 0.1) is 34.0 Å². The number of benzene rings is 6. The zero-order valence-electron chi connectivity index (χ0n) is 58.7. The first-order chi connectivity index (χ1) is 49.5. The molecule has 0 unspecified atom stereocenters. The molecular formula is C78H93N13O11. The third-order valence-electron chi connectivity index (χ3n) is 18.0. The van der Waals surface area contributed by atoms with Gasteiger partial charge in [-0.25, -0.2) is 24.0 Å². The normalized spacial score (nSPS) is 14.3. The number of piperazine rings is 2. The Balaban J connectivity index is 0.000000138. The third-order valence-corrected chi connectivity index (χ3v) is 18.0. The SMILES string of the molecule is CC(=O)Nc1c(Nc2ccccc2)c2ccccc2oc1=O.CCCNc1c(N)c(=O)oc2ccccc12.CN1CCN(CCCNc2c(N)c(=O)oc3ccccc23)CC1.Cc1c(N2CCN(C)CC2)c2ccccc2oc1=O.Nc1c(NCCCN2CCCCC2)c2ccccc2oc1=O. The van der Waals surface area contributed by atoms with Gasteiger partial charge in [0.25, 0.3) is 0 Å². The predicted octanol–water partition coefficient (Wildman–Crippen LogP) is 11.6. The molecule has 5 aromatic heterocycles. The number of amides is 1. The summed E-state index contributed by atoms with van der Waals surface area (Å²) < 4.78 is 26.1. The summed E-state index contributed by atoms with van der Waals surface area (Å²) in [6.07, 6.45) is 6.99.